The lowest BCUT2D eigenvalue weighted by atomic mass is 10.6. The lowest BCUT2D eigenvalue weighted by Gasteiger charge is -1.98. The molecule has 0 N–H and O–H groups in total. The molecule has 1 aromatic heterocycles. The van der Waals surface area contributed by atoms with Gasteiger partial charge in [0.05, 0.1) is 21.3 Å². The summed E-state index contributed by atoms with van der Waals surface area (Å²) < 4.78 is 19.2. The first-order chi connectivity index (χ1) is 5.33. The number of hydrogen-bond donors (Lipinski definition) is 0. The van der Waals surface area contributed by atoms with Gasteiger partial charge in [0.25, 0.3) is 5.75 Å². The third kappa shape index (κ3) is 1.21. The Morgan fingerprint density at radius 1 is 1.09 bits per heavy atom. The smallest absolute Gasteiger partial charge is 0.358 e. The van der Waals surface area contributed by atoms with Crippen LogP contribution in [-0.2, 0) is 0 Å². The van der Waals surface area contributed by atoms with Crippen LogP contribution >= 0.6 is 0 Å². The van der Waals surface area contributed by atoms with E-state index in [1.807, 2.05) is 0 Å². The monoisotopic (exact) mass is 159 g/mol. The fraction of sp³-hybridized carbons (Fsp3) is 0.500. The van der Waals surface area contributed by atoms with E-state index in [4.69, 9.17) is 18.7 Å². The van der Waals surface area contributed by atoms with Crippen molar-refractivity contribution in [3.05, 3.63) is 0 Å². The number of ether oxygens (including phenoxy) is 3. The molecular formula is C6H9NO4. The van der Waals surface area contributed by atoms with Crippen molar-refractivity contribution in [2.75, 3.05) is 21.3 Å². The molecule has 0 bridgehead atoms. The molecule has 0 aliphatic heterocycles. The summed E-state index contributed by atoms with van der Waals surface area (Å²) in [7, 11) is 4.42. The summed E-state index contributed by atoms with van der Waals surface area (Å²) in [6.45, 7) is 0. The topological polar surface area (TPSA) is 53.7 Å². The van der Waals surface area contributed by atoms with Crippen LogP contribution in [0.3, 0.4) is 0 Å². The molecule has 1 heterocycles. The van der Waals surface area contributed by atoms with Crippen LogP contribution in [0.15, 0.2) is 4.52 Å². The second kappa shape index (κ2) is 3.14. The summed E-state index contributed by atoms with van der Waals surface area (Å²) >= 11 is 0. The van der Waals surface area contributed by atoms with Gasteiger partial charge in [-0.25, -0.2) is 0 Å². The number of methoxy groups -OCH3 is 3. The van der Waals surface area contributed by atoms with Gasteiger partial charge in [-0.2, -0.15) is 0 Å². The molecule has 0 radical (unpaired) electrons. The van der Waals surface area contributed by atoms with Crippen LogP contribution in [0, 0.1) is 0 Å². The summed E-state index contributed by atoms with van der Waals surface area (Å²) in [5.41, 5.74) is 0. The Morgan fingerprint density at radius 2 is 1.82 bits per heavy atom. The summed E-state index contributed by atoms with van der Waals surface area (Å²) in [6.07, 6.45) is 0. The highest BCUT2D eigenvalue weighted by molar-refractivity contribution is 5.39. The maximum absolute atomic E-state index is 4.89. The molecule has 5 heteroatoms. The Morgan fingerprint density at radius 3 is 2.27 bits per heavy atom. The van der Waals surface area contributed by atoms with Gasteiger partial charge in [0.15, 0.2) is 0 Å². The standard InChI is InChI=1S/C6H9NO4/c1-8-4-5(9-2)7-11-6(4)10-3/h1-3H3. The molecule has 0 aliphatic carbocycles. The Kier molecular flexibility index (Phi) is 2.20. The second-order valence-corrected chi connectivity index (χ2v) is 1.72. The van der Waals surface area contributed by atoms with E-state index in [-0.39, 0.29) is 11.8 Å². The molecule has 62 valence electrons. The molecule has 0 atom stereocenters. The third-order valence-electron chi connectivity index (χ3n) is 1.17. The third-order valence-corrected chi connectivity index (χ3v) is 1.17. The van der Waals surface area contributed by atoms with Gasteiger partial charge in [0.1, 0.15) is 0 Å². The van der Waals surface area contributed by atoms with E-state index in [0.717, 1.165) is 0 Å². The molecule has 1 rings (SSSR count). The molecule has 5 nitrogen and oxygen atoms in total. The molecule has 0 saturated heterocycles. The van der Waals surface area contributed by atoms with Crippen molar-refractivity contribution in [3.8, 4) is 17.6 Å². The fourth-order valence-electron chi connectivity index (χ4n) is 0.684. The van der Waals surface area contributed by atoms with Crippen LogP contribution in [0.4, 0.5) is 0 Å². The van der Waals surface area contributed by atoms with Gasteiger partial charge in [-0.3, -0.25) is 0 Å². The van der Waals surface area contributed by atoms with Crippen molar-refractivity contribution in [2.24, 2.45) is 0 Å². The van der Waals surface area contributed by atoms with E-state index in [1.165, 1.54) is 21.3 Å². The van der Waals surface area contributed by atoms with Crippen molar-refractivity contribution in [2.45, 2.75) is 0 Å². The van der Waals surface area contributed by atoms with Crippen molar-refractivity contribution in [1.29, 1.82) is 0 Å². The zero-order valence-corrected chi connectivity index (χ0v) is 6.58. The largest absolute Gasteiger partial charge is 0.486 e. The lowest BCUT2D eigenvalue weighted by molar-refractivity contribution is 0.244. The maximum atomic E-state index is 4.89. The van der Waals surface area contributed by atoms with Crippen LogP contribution in [0.5, 0.6) is 17.6 Å². The summed E-state index contributed by atoms with van der Waals surface area (Å²) in [6, 6.07) is 0. The molecule has 0 aromatic carbocycles. The van der Waals surface area contributed by atoms with Crippen molar-refractivity contribution in [1.82, 2.24) is 5.16 Å². The molecule has 0 unspecified atom stereocenters. The Bertz CT molecular complexity index is 211. The van der Waals surface area contributed by atoms with Gasteiger partial charge in [0, 0.05) is 0 Å². The predicted octanol–water partition coefficient (Wildman–Crippen LogP) is 0.700. The fourth-order valence-corrected chi connectivity index (χ4v) is 0.684. The minimum absolute atomic E-state index is 0.212. The van der Waals surface area contributed by atoms with Crippen LogP contribution in [-0.4, -0.2) is 26.5 Å². The summed E-state index contributed by atoms with van der Waals surface area (Å²) in [5, 5.41) is 3.53. The molecule has 0 spiro atoms. The molecular weight excluding hydrogens is 150 g/mol. The van der Waals surface area contributed by atoms with Crippen LogP contribution < -0.4 is 14.2 Å². The van der Waals surface area contributed by atoms with Crippen molar-refractivity contribution < 1.29 is 18.7 Å². The van der Waals surface area contributed by atoms with E-state index < -0.39 is 0 Å². The molecule has 0 aliphatic rings. The van der Waals surface area contributed by atoms with Crippen LogP contribution in [0.1, 0.15) is 0 Å². The molecule has 0 fully saturated rings. The average molecular weight is 159 g/mol. The molecule has 0 saturated carbocycles. The Balaban J connectivity index is 2.99. The van der Waals surface area contributed by atoms with Gasteiger partial charge in [0.2, 0.25) is 0 Å². The first-order valence-electron chi connectivity index (χ1n) is 2.95. The highest BCUT2D eigenvalue weighted by Gasteiger charge is 2.17. The predicted molar refractivity (Wildman–Crippen MR) is 36.2 cm³/mol. The zero-order chi connectivity index (χ0) is 8.27. The molecule has 0 amide bonds. The van der Waals surface area contributed by atoms with E-state index in [1.54, 1.807) is 0 Å². The Labute approximate surface area is 63.8 Å². The van der Waals surface area contributed by atoms with Gasteiger partial charge >= 0.3 is 11.8 Å². The molecule has 1 aromatic rings. The van der Waals surface area contributed by atoms with Crippen molar-refractivity contribution >= 4 is 0 Å². The minimum atomic E-state index is 0.212. The number of aromatic nitrogens is 1. The zero-order valence-electron chi connectivity index (χ0n) is 6.58. The summed E-state index contributed by atoms with van der Waals surface area (Å²) in [5.74, 6) is 0.865. The van der Waals surface area contributed by atoms with Gasteiger partial charge in [-0.1, -0.05) is 0 Å². The summed E-state index contributed by atoms with van der Waals surface area (Å²) in [4.78, 5) is 0. The van der Waals surface area contributed by atoms with Crippen molar-refractivity contribution in [3.63, 3.8) is 0 Å². The van der Waals surface area contributed by atoms with Crippen LogP contribution in [0.25, 0.3) is 0 Å². The van der Waals surface area contributed by atoms with E-state index in [0.29, 0.717) is 5.75 Å². The first kappa shape index (κ1) is 7.71. The highest BCUT2D eigenvalue weighted by atomic mass is 16.7. The number of nitrogens with zero attached hydrogens (tertiary/aromatic N) is 1. The first-order valence-corrected chi connectivity index (χ1v) is 2.95. The van der Waals surface area contributed by atoms with Gasteiger partial charge < -0.3 is 18.7 Å². The highest BCUT2D eigenvalue weighted by Crippen LogP contribution is 2.35. The normalized spacial score (nSPS) is 9.36. The van der Waals surface area contributed by atoms with E-state index in [2.05, 4.69) is 5.16 Å². The molecule has 11 heavy (non-hydrogen) atoms. The van der Waals surface area contributed by atoms with E-state index >= 15 is 0 Å². The number of rotatable bonds is 3. The quantitative estimate of drug-likeness (QED) is 0.649. The Hall–Kier alpha value is -1.39. The number of hydrogen-bond acceptors (Lipinski definition) is 5. The van der Waals surface area contributed by atoms with Gasteiger partial charge in [-0.05, 0) is 5.16 Å². The SMILES string of the molecule is COc1noc(OC)c1OC. The maximum Gasteiger partial charge on any atom is 0.358 e. The van der Waals surface area contributed by atoms with Gasteiger partial charge in [-0.15, -0.1) is 0 Å². The second-order valence-electron chi connectivity index (χ2n) is 1.72. The van der Waals surface area contributed by atoms with Crippen LogP contribution in [0.2, 0.25) is 0 Å². The van der Waals surface area contributed by atoms with E-state index in [9.17, 15) is 0 Å². The average Bonchev–Trinajstić information content (AvgIpc) is 2.45. The lowest BCUT2D eigenvalue weighted by Crippen LogP contribution is -1.89. The minimum Gasteiger partial charge on any atom is -0.486 e.